The summed E-state index contributed by atoms with van der Waals surface area (Å²) in [5.74, 6) is -0.904. The van der Waals surface area contributed by atoms with E-state index in [-0.39, 0.29) is 22.9 Å². The van der Waals surface area contributed by atoms with Crippen LogP contribution in [-0.4, -0.2) is 48.5 Å². The molecule has 0 radical (unpaired) electrons. The Morgan fingerprint density at radius 2 is 1.85 bits per heavy atom. The SMILES string of the molecule is Cc1cnc(NC(=O)c2ccc3c(c2)OC(F)(F)O3)cc1-c1cc(F)nc(N2CCOCC2)c1. The van der Waals surface area contributed by atoms with Crippen LogP contribution in [0.25, 0.3) is 11.1 Å². The van der Waals surface area contributed by atoms with Crippen molar-refractivity contribution in [3.63, 3.8) is 0 Å². The molecule has 0 spiro atoms. The molecule has 1 N–H and O–H groups in total. The molecule has 1 aromatic carbocycles. The number of alkyl halides is 2. The smallest absolute Gasteiger partial charge is 0.395 e. The van der Waals surface area contributed by atoms with E-state index in [1.807, 2.05) is 11.8 Å². The molecular weight excluding hydrogens is 453 g/mol. The van der Waals surface area contributed by atoms with Crippen LogP contribution >= 0.6 is 0 Å². The zero-order chi connectivity index (χ0) is 23.9. The summed E-state index contributed by atoms with van der Waals surface area (Å²) in [6.07, 6.45) is -2.22. The first kappa shape index (κ1) is 22.0. The predicted molar refractivity (Wildman–Crippen MR) is 116 cm³/mol. The number of pyridine rings is 2. The second kappa shape index (κ2) is 8.49. The van der Waals surface area contributed by atoms with E-state index >= 15 is 0 Å². The maximum atomic E-state index is 14.4. The highest BCUT2D eigenvalue weighted by Crippen LogP contribution is 2.41. The summed E-state index contributed by atoms with van der Waals surface area (Å²) in [4.78, 5) is 22.9. The standard InChI is InChI=1S/C23H19F3N4O4/c1-13-12-27-20(29-22(31)14-2-3-17-18(8-14)34-23(25,26)33-17)11-16(13)15-9-19(24)28-21(10-15)30-4-6-32-7-5-30/h2-3,8-12H,4-7H2,1H3,(H,27,29,31). The monoisotopic (exact) mass is 472 g/mol. The molecule has 0 atom stereocenters. The van der Waals surface area contributed by atoms with Crippen molar-refractivity contribution in [1.82, 2.24) is 9.97 Å². The molecular formula is C23H19F3N4O4. The Kier molecular flexibility index (Phi) is 5.48. The molecule has 4 heterocycles. The summed E-state index contributed by atoms with van der Waals surface area (Å²) in [7, 11) is 0. The number of benzene rings is 1. The molecule has 1 amide bonds. The van der Waals surface area contributed by atoms with Gasteiger partial charge in [-0.15, -0.1) is 8.78 Å². The van der Waals surface area contributed by atoms with Crippen molar-refractivity contribution in [1.29, 1.82) is 0 Å². The number of nitrogens with zero attached hydrogens (tertiary/aromatic N) is 3. The van der Waals surface area contributed by atoms with Gasteiger partial charge in [0.2, 0.25) is 5.95 Å². The van der Waals surface area contributed by atoms with Gasteiger partial charge in [-0.2, -0.15) is 4.39 Å². The van der Waals surface area contributed by atoms with E-state index < -0.39 is 18.1 Å². The lowest BCUT2D eigenvalue weighted by atomic mass is 10.0. The second-order valence-electron chi connectivity index (χ2n) is 7.80. The third-order valence-electron chi connectivity index (χ3n) is 5.43. The highest BCUT2D eigenvalue weighted by Gasteiger charge is 2.43. The molecule has 11 heteroatoms. The van der Waals surface area contributed by atoms with E-state index in [0.717, 1.165) is 11.6 Å². The Bertz CT molecular complexity index is 1260. The number of carbonyl (C=O) groups excluding carboxylic acids is 1. The van der Waals surface area contributed by atoms with Gasteiger partial charge in [0.25, 0.3) is 5.91 Å². The van der Waals surface area contributed by atoms with E-state index in [0.29, 0.717) is 43.2 Å². The van der Waals surface area contributed by atoms with Gasteiger partial charge in [0, 0.05) is 30.9 Å². The first-order chi connectivity index (χ1) is 16.3. The van der Waals surface area contributed by atoms with Crippen molar-refractivity contribution in [2.45, 2.75) is 13.2 Å². The second-order valence-corrected chi connectivity index (χ2v) is 7.80. The Labute approximate surface area is 192 Å². The van der Waals surface area contributed by atoms with Crippen LogP contribution in [0.3, 0.4) is 0 Å². The van der Waals surface area contributed by atoms with Gasteiger partial charge in [-0.25, -0.2) is 9.97 Å². The number of fused-ring (bicyclic) bond motifs is 1. The predicted octanol–water partition coefficient (Wildman–Crippen LogP) is 4.00. The van der Waals surface area contributed by atoms with Crippen LogP contribution in [0.2, 0.25) is 0 Å². The van der Waals surface area contributed by atoms with Crippen LogP contribution < -0.4 is 19.7 Å². The van der Waals surface area contributed by atoms with E-state index in [9.17, 15) is 18.0 Å². The van der Waals surface area contributed by atoms with Crippen LogP contribution in [0, 0.1) is 12.9 Å². The zero-order valence-corrected chi connectivity index (χ0v) is 18.0. The van der Waals surface area contributed by atoms with E-state index in [1.165, 1.54) is 18.2 Å². The molecule has 0 bridgehead atoms. The van der Waals surface area contributed by atoms with Crippen molar-refractivity contribution in [3.8, 4) is 22.6 Å². The molecule has 2 aliphatic heterocycles. The largest absolute Gasteiger partial charge is 0.586 e. The molecule has 8 nitrogen and oxygen atoms in total. The molecule has 176 valence electrons. The normalized spacial score (nSPS) is 16.4. The summed E-state index contributed by atoms with van der Waals surface area (Å²) in [6.45, 7) is 4.10. The average molecular weight is 472 g/mol. The molecule has 1 fully saturated rings. The molecule has 0 aliphatic carbocycles. The molecule has 2 aromatic heterocycles. The number of halogens is 3. The van der Waals surface area contributed by atoms with Crippen LogP contribution in [-0.2, 0) is 4.74 Å². The fourth-order valence-corrected chi connectivity index (χ4v) is 3.77. The highest BCUT2D eigenvalue weighted by atomic mass is 19.3. The van der Waals surface area contributed by atoms with E-state index in [1.54, 1.807) is 18.3 Å². The first-order valence-corrected chi connectivity index (χ1v) is 10.5. The van der Waals surface area contributed by atoms with E-state index in [2.05, 4.69) is 24.8 Å². The number of aromatic nitrogens is 2. The fraction of sp³-hybridized carbons (Fsp3) is 0.261. The van der Waals surface area contributed by atoms with Crippen molar-refractivity contribution in [3.05, 3.63) is 59.7 Å². The number of morpholine rings is 1. The molecule has 5 rings (SSSR count). The quantitative estimate of drug-likeness (QED) is 0.575. The van der Waals surface area contributed by atoms with Gasteiger partial charge in [0.05, 0.1) is 13.2 Å². The summed E-state index contributed by atoms with van der Waals surface area (Å²) < 4.78 is 54.9. The number of hydrogen-bond acceptors (Lipinski definition) is 7. The molecule has 3 aromatic rings. The number of nitrogens with one attached hydrogen (secondary N) is 1. The zero-order valence-electron chi connectivity index (χ0n) is 18.0. The minimum Gasteiger partial charge on any atom is -0.395 e. The van der Waals surface area contributed by atoms with Gasteiger partial charge >= 0.3 is 6.29 Å². The number of carbonyl (C=O) groups is 1. The van der Waals surface area contributed by atoms with Crippen molar-refractivity contribution >= 4 is 17.5 Å². The van der Waals surface area contributed by atoms with Crippen LogP contribution in [0.1, 0.15) is 15.9 Å². The number of amides is 1. The van der Waals surface area contributed by atoms with Crippen LogP contribution in [0.15, 0.2) is 42.6 Å². The Balaban J connectivity index is 1.40. The Morgan fingerprint density at radius 1 is 1.09 bits per heavy atom. The van der Waals surface area contributed by atoms with Crippen LogP contribution in [0.5, 0.6) is 11.5 Å². The summed E-state index contributed by atoms with van der Waals surface area (Å²) >= 11 is 0. The maximum absolute atomic E-state index is 14.4. The number of aryl methyl sites for hydroxylation is 1. The van der Waals surface area contributed by atoms with Crippen molar-refractivity contribution < 1.29 is 32.2 Å². The van der Waals surface area contributed by atoms with E-state index in [4.69, 9.17) is 4.74 Å². The Morgan fingerprint density at radius 3 is 2.65 bits per heavy atom. The number of ether oxygens (including phenoxy) is 3. The van der Waals surface area contributed by atoms with Crippen molar-refractivity contribution in [2.24, 2.45) is 0 Å². The van der Waals surface area contributed by atoms with Gasteiger partial charge in [0.1, 0.15) is 11.6 Å². The summed E-state index contributed by atoms with van der Waals surface area (Å²) in [6, 6.07) is 8.43. The first-order valence-electron chi connectivity index (χ1n) is 10.5. The third-order valence-corrected chi connectivity index (χ3v) is 5.43. The molecule has 1 saturated heterocycles. The third kappa shape index (κ3) is 4.46. The number of anilines is 2. The van der Waals surface area contributed by atoms with Gasteiger partial charge in [0.15, 0.2) is 11.5 Å². The number of hydrogen-bond donors (Lipinski definition) is 1. The highest BCUT2D eigenvalue weighted by molar-refractivity contribution is 6.04. The average Bonchev–Trinajstić information content (AvgIpc) is 3.13. The minimum atomic E-state index is -3.77. The van der Waals surface area contributed by atoms with Gasteiger partial charge in [-0.1, -0.05) is 0 Å². The summed E-state index contributed by atoms with van der Waals surface area (Å²) in [5, 5.41) is 2.63. The maximum Gasteiger partial charge on any atom is 0.586 e. The molecule has 2 aliphatic rings. The fourth-order valence-electron chi connectivity index (χ4n) is 3.77. The van der Waals surface area contributed by atoms with Crippen molar-refractivity contribution in [2.75, 3.05) is 36.5 Å². The lowest BCUT2D eigenvalue weighted by Crippen LogP contribution is -2.36. The topological polar surface area (TPSA) is 85.8 Å². The van der Waals surface area contributed by atoms with Gasteiger partial charge in [-0.3, -0.25) is 4.79 Å². The van der Waals surface area contributed by atoms with Gasteiger partial charge < -0.3 is 24.4 Å². The van der Waals surface area contributed by atoms with Gasteiger partial charge in [-0.05, 0) is 53.9 Å². The molecule has 34 heavy (non-hydrogen) atoms. The lowest BCUT2D eigenvalue weighted by molar-refractivity contribution is -0.286. The molecule has 0 saturated carbocycles. The lowest BCUT2D eigenvalue weighted by Gasteiger charge is -2.28. The Hall–Kier alpha value is -3.86. The van der Waals surface area contributed by atoms with Crippen LogP contribution in [0.4, 0.5) is 24.8 Å². The summed E-state index contributed by atoms with van der Waals surface area (Å²) in [5.41, 5.74) is 2.08. The minimum absolute atomic E-state index is 0.0773. The molecule has 0 unspecified atom stereocenters. The number of rotatable bonds is 4.